The van der Waals surface area contributed by atoms with Gasteiger partial charge in [0.15, 0.2) is 0 Å². The minimum Gasteiger partial charge on any atom is -0.497 e. The van der Waals surface area contributed by atoms with Gasteiger partial charge < -0.3 is 19.8 Å². The van der Waals surface area contributed by atoms with Crippen LogP contribution in [0.4, 0.5) is 0 Å². The first kappa shape index (κ1) is 27.4. The van der Waals surface area contributed by atoms with Crippen LogP contribution in [-0.4, -0.2) is 48.1 Å². The van der Waals surface area contributed by atoms with Crippen LogP contribution in [0.1, 0.15) is 32.2 Å². The number of methoxy groups -OCH3 is 2. The average Bonchev–Trinajstić information content (AvgIpc) is 3.64. The summed E-state index contributed by atoms with van der Waals surface area (Å²) in [4.78, 5) is 23.2. The average molecular weight is 555 g/mol. The molecular weight excluding hydrogens is 520 g/mol. The molecule has 3 aromatic carbocycles. The monoisotopic (exact) mass is 554 g/mol. The zero-order valence-electron chi connectivity index (χ0n) is 22.9. The molecule has 5 rings (SSSR count). The van der Waals surface area contributed by atoms with Gasteiger partial charge in [0.05, 0.1) is 20.8 Å². The fourth-order valence-corrected chi connectivity index (χ4v) is 5.60. The third-order valence-electron chi connectivity index (χ3n) is 6.95. The van der Waals surface area contributed by atoms with E-state index in [0.717, 1.165) is 47.0 Å². The summed E-state index contributed by atoms with van der Waals surface area (Å²) in [5, 5.41) is 6.99. The molecule has 7 nitrogen and oxygen atoms in total. The van der Waals surface area contributed by atoms with Crippen LogP contribution in [0.25, 0.3) is 10.9 Å². The van der Waals surface area contributed by atoms with Crippen LogP contribution in [0.15, 0.2) is 84.4 Å². The number of para-hydroxylation sites is 1. The van der Waals surface area contributed by atoms with E-state index in [9.17, 15) is 4.79 Å². The first-order chi connectivity index (χ1) is 19.6. The highest BCUT2D eigenvalue weighted by Gasteiger charge is 2.17. The summed E-state index contributed by atoms with van der Waals surface area (Å²) >= 11 is 1.52. The number of fused-ring (bicyclic) bond motifs is 1. The maximum Gasteiger partial charge on any atom is 0.270 e. The van der Waals surface area contributed by atoms with Gasteiger partial charge in [0, 0.05) is 53.7 Å². The topological polar surface area (TPSA) is 79.5 Å². The first-order valence-electron chi connectivity index (χ1n) is 13.4. The minimum absolute atomic E-state index is 0.138. The standard InChI is InChI=1S/C32H34N4O3S/c1-38-26-13-12-25(30(18-26)39-2)20-36(17-15-24-19-34-28-11-7-6-10-27(24)28)21-31-35-29(22-40-31)32(37)33-16-14-23-8-4-3-5-9-23/h3-13,18-19,22,34H,14-17,20-21H2,1-2H3,(H,33,37). The predicted octanol–water partition coefficient (Wildman–Crippen LogP) is 5.86. The zero-order chi connectivity index (χ0) is 27.7. The highest BCUT2D eigenvalue weighted by Crippen LogP contribution is 2.27. The van der Waals surface area contributed by atoms with Gasteiger partial charge in [-0.25, -0.2) is 4.98 Å². The van der Waals surface area contributed by atoms with Gasteiger partial charge >= 0.3 is 0 Å². The molecule has 2 N–H and O–H groups in total. The molecule has 0 unspecified atom stereocenters. The number of amides is 1. The molecule has 0 aliphatic heterocycles. The van der Waals surface area contributed by atoms with Gasteiger partial charge in [0.25, 0.3) is 5.91 Å². The quantitative estimate of drug-likeness (QED) is 0.191. The number of nitrogens with one attached hydrogen (secondary N) is 2. The molecule has 8 heteroatoms. The largest absolute Gasteiger partial charge is 0.497 e. The van der Waals surface area contributed by atoms with Crippen LogP contribution < -0.4 is 14.8 Å². The number of ether oxygens (including phenoxy) is 2. The van der Waals surface area contributed by atoms with Crippen molar-refractivity contribution >= 4 is 28.1 Å². The van der Waals surface area contributed by atoms with Gasteiger partial charge in [-0.2, -0.15) is 0 Å². The van der Waals surface area contributed by atoms with E-state index in [2.05, 4.69) is 56.7 Å². The molecule has 5 aromatic rings. The van der Waals surface area contributed by atoms with Gasteiger partial charge in [0.2, 0.25) is 0 Å². The molecule has 0 bridgehead atoms. The lowest BCUT2D eigenvalue weighted by atomic mass is 10.1. The normalized spacial score (nSPS) is 11.2. The van der Waals surface area contributed by atoms with Crippen molar-refractivity contribution in [2.45, 2.75) is 25.9 Å². The molecular formula is C32H34N4O3S. The molecule has 0 atom stereocenters. The highest BCUT2D eigenvalue weighted by atomic mass is 32.1. The van der Waals surface area contributed by atoms with Crippen LogP contribution in [0.2, 0.25) is 0 Å². The van der Waals surface area contributed by atoms with E-state index >= 15 is 0 Å². The third-order valence-corrected chi connectivity index (χ3v) is 7.78. The highest BCUT2D eigenvalue weighted by molar-refractivity contribution is 7.09. The number of carbonyl (C=O) groups excluding carboxylic acids is 1. The van der Waals surface area contributed by atoms with Gasteiger partial charge in [-0.3, -0.25) is 9.69 Å². The number of aromatic amines is 1. The van der Waals surface area contributed by atoms with E-state index in [-0.39, 0.29) is 5.91 Å². The second kappa shape index (κ2) is 13.3. The summed E-state index contributed by atoms with van der Waals surface area (Å²) in [5.41, 5.74) is 5.15. The van der Waals surface area contributed by atoms with Gasteiger partial charge in [-0.05, 0) is 36.1 Å². The van der Waals surface area contributed by atoms with Crippen molar-refractivity contribution in [1.29, 1.82) is 0 Å². The van der Waals surface area contributed by atoms with Gasteiger partial charge in [0.1, 0.15) is 22.2 Å². The first-order valence-corrected chi connectivity index (χ1v) is 14.3. The van der Waals surface area contributed by atoms with E-state index < -0.39 is 0 Å². The Morgan fingerprint density at radius 1 is 0.950 bits per heavy atom. The summed E-state index contributed by atoms with van der Waals surface area (Å²) < 4.78 is 11.1. The van der Waals surface area contributed by atoms with Gasteiger partial charge in [-0.1, -0.05) is 54.6 Å². The van der Waals surface area contributed by atoms with Crippen LogP contribution in [-0.2, 0) is 25.9 Å². The number of rotatable bonds is 13. The molecule has 0 fully saturated rings. The summed E-state index contributed by atoms with van der Waals surface area (Å²) in [6.07, 6.45) is 3.76. The van der Waals surface area contributed by atoms with Crippen molar-refractivity contribution in [2.24, 2.45) is 0 Å². The smallest absolute Gasteiger partial charge is 0.270 e. The molecule has 0 aliphatic carbocycles. The Kier molecular flexibility index (Phi) is 9.11. The van der Waals surface area contributed by atoms with E-state index in [0.29, 0.717) is 25.3 Å². The van der Waals surface area contributed by atoms with Gasteiger partial charge in [-0.15, -0.1) is 11.3 Å². The molecule has 0 saturated heterocycles. The molecule has 0 spiro atoms. The maximum absolute atomic E-state index is 12.8. The molecule has 1 amide bonds. The SMILES string of the molecule is COc1ccc(CN(CCc2c[nH]c3ccccc23)Cc2nc(C(=O)NCCc3ccccc3)cs2)c(OC)c1. The van der Waals surface area contributed by atoms with Crippen LogP contribution >= 0.6 is 11.3 Å². The van der Waals surface area contributed by atoms with Crippen molar-refractivity contribution in [1.82, 2.24) is 20.2 Å². The second-order valence-corrected chi connectivity index (χ2v) is 10.6. The molecule has 206 valence electrons. The Morgan fingerprint density at radius 2 is 1.77 bits per heavy atom. The summed E-state index contributed by atoms with van der Waals surface area (Å²) in [7, 11) is 3.33. The molecule has 2 heterocycles. The number of hydrogen-bond acceptors (Lipinski definition) is 6. The zero-order valence-corrected chi connectivity index (χ0v) is 23.7. The second-order valence-electron chi connectivity index (χ2n) is 9.62. The molecule has 0 aliphatic rings. The van der Waals surface area contributed by atoms with Crippen molar-refractivity contribution < 1.29 is 14.3 Å². The van der Waals surface area contributed by atoms with E-state index in [1.807, 2.05) is 47.8 Å². The van der Waals surface area contributed by atoms with Crippen LogP contribution in [0, 0.1) is 0 Å². The van der Waals surface area contributed by atoms with E-state index in [1.54, 1.807) is 14.2 Å². The van der Waals surface area contributed by atoms with E-state index in [4.69, 9.17) is 9.47 Å². The number of benzene rings is 3. The lowest BCUT2D eigenvalue weighted by Crippen LogP contribution is -2.27. The Hall–Kier alpha value is -4.14. The number of H-pyrrole nitrogens is 1. The number of nitrogens with zero attached hydrogens (tertiary/aromatic N) is 2. The van der Waals surface area contributed by atoms with Crippen molar-refractivity contribution in [3.05, 3.63) is 112 Å². The van der Waals surface area contributed by atoms with Crippen molar-refractivity contribution in [2.75, 3.05) is 27.3 Å². The fourth-order valence-electron chi connectivity index (χ4n) is 4.79. The minimum atomic E-state index is -0.138. The molecule has 0 saturated carbocycles. The maximum atomic E-state index is 12.8. The Balaban J connectivity index is 1.28. The molecule has 2 aromatic heterocycles. The molecule has 40 heavy (non-hydrogen) atoms. The lowest BCUT2D eigenvalue weighted by Gasteiger charge is -2.22. The predicted molar refractivity (Wildman–Crippen MR) is 160 cm³/mol. The summed E-state index contributed by atoms with van der Waals surface area (Å²) in [6.45, 7) is 2.69. The summed E-state index contributed by atoms with van der Waals surface area (Å²) in [5.74, 6) is 1.41. The number of thiazole rings is 1. The third kappa shape index (κ3) is 6.89. The lowest BCUT2D eigenvalue weighted by molar-refractivity contribution is 0.0949. The fraction of sp³-hybridized carbons (Fsp3) is 0.250. The number of carbonyl (C=O) groups is 1. The Labute approximate surface area is 238 Å². The summed E-state index contributed by atoms with van der Waals surface area (Å²) in [6, 6.07) is 24.4. The van der Waals surface area contributed by atoms with Crippen molar-refractivity contribution in [3.63, 3.8) is 0 Å². The van der Waals surface area contributed by atoms with Crippen LogP contribution in [0.3, 0.4) is 0 Å². The van der Waals surface area contributed by atoms with Crippen LogP contribution in [0.5, 0.6) is 11.5 Å². The number of hydrogen-bond donors (Lipinski definition) is 2. The van der Waals surface area contributed by atoms with E-state index in [1.165, 1.54) is 27.8 Å². The van der Waals surface area contributed by atoms with Crippen molar-refractivity contribution in [3.8, 4) is 11.5 Å². The Morgan fingerprint density at radius 3 is 2.60 bits per heavy atom. The molecule has 0 radical (unpaired) electrons. The number of aromatic nitrogens is 2. The Bertz CT molecular complexity index is 1550.